The van der Waals surface area contributed by atoms with E-state index in [0.29, 0.717) is 13.0 Å². The fourth-order valence-corrected chi connectivity index (χ4v) is 3.30. The van der Waals surface area contributed by atoms with E-state index in [4.69, 9.17) is 0 Å². The van der Waals surface area contributed by atoms with Gasteiger partial charge in [0.05, 0.1) is 6.04 Å². The van der Waals surface area contributed by atoms with Crippen LogP contribution in [0, 0.1) is 6.92 Å². The second-order valence-electron chi connectivity index (χ2n) is 4.76. The minimum Gasteiger partial charge on any atom is -0.356 e. The molecule has 19 heavy (non-hydrogen) atoms. The number of aryl methyl sites for hydroxylation is 1. The Morgan fingerprint density at radius 3 is 3.16 bits per heavy atom. The van der Waals surface area contributed by atoms with Crippen molar-refractivity contribution in [1.29, 1.82) is 0 Å². The zero-order valence-corrected chi connectivity index (χ0v) is 12.1. The highest BCUT2D eigenvalue weighted by atomic mass is 32.2. The molecule has 0 fully saturated rings. The van der Waals surface area contributed by atoms with Crippen LogP contribution in [-0.2, 0) is 4.79 Å². The van der Waals surface area contributed by atoms with E-state index in [9.17, 15) is 9.59 Å². The molecule has 0 aliphatic carbocycles. The molecule has 1 aromatic heterocycles. The van der Waals surface area contributed by atoms with E-state index in [1.54, 1.807) is 16.3 Å². The number of amides is 1. The van der Waals surface area contributed by atoms with Gasteiger partial charge >= 0.3 is 0 Å². The summed E-state index contributed by atoms with van der Waals surface area (Å²) in [6, 6.07) is 1.46. The Morgan fingerprint density at radius 1 is 1.63 bits per heavy atom. The number of aromatic nitrogens is 2. The Balaban J connectivity index is 2.03. The number of unbranched alkanes of at least 4 members (excludes halogenated alkanes) is 1. The second-order valence-corrected chi connectivity index (χ2v) is 5.75. The summed E-state index contributed by atoms with van der Waals surface area (Å²) in [6.45, 7) is 4.61. The normalized spacial score (nSPS) is 17.3. The van der Waals surface area contributed by atoms with Crippen molar-refractivity contribution >= 4 is 17.7 Å². The molecule has 0 saturated heterocycles. The average molecular weight is 281 g/mol. The van der Waals surface area contributed by atoms with Crippen LogP contribution in [-0.4, -0.2) is 27.8 Å². The summed E-state index contributed by atoms with van der Waals surface area (Å²) in [5.41, 5.74) is 0.677. The lowest BCUT2D eigenvalue weighted by Crippen LogP contribution is -2.31. The number of carbonyl (C=O) groups excluding carboxylic acids is 1. The topological polar surface area (TPSA) is 64.0 Å². The molecule has 2 rings (SSSR count). The molecule has 0 radical (unpaired) electrons. The van der Waals surface area contributed by atoms with E-state index in [1.807, 2.05) is 6.92 Å². The van der Waals surface area contributed by atoms with Crippen LogP contribution in [0.25, 0.3) is 0 Å². The lowest BCUT2D eigenvalue weighted by atomic mass is 10.2. The maximum absolute atomic E-state index is 12.0. The minimum atomic E-state index is -0.0674. The lowest BCUT2D eigenvalue weighted by Gasteiger charge is -2.13. The van der Waals surface area contributed by atoms with Gasteiger partial charge in [0.15, 0.2) is 5.16 Å². The van der Waals surface area contributed by atoms with Crippen LogP contribution in [0.3, 0.4) is 0 Å². The van der Waals surface area contributed by atoms with E-state index in [2.05, 4.69) is 17.2 Å². The third-order valence-corrected chi connectivity index (χ3v) is 4.19. The Morgan fingerprint density at radius 2 is 2.42 bits per heavy atom. The first-order valence-electron chi connectivity index (χ1n) is 6.61. The fourth-order valence-electron chi connectivity index (χ4n) is 2.10. The van der Waals surface area contributed by atoms with Crippen molar-refractivity contribution in [3.05, 3.63) is 22.1 Å². The van der Waals surface area contributed by atoms with Gasteiger partial charge < -0.3 is 5.32 Å². The van der Waals surface area contributed by atoms with Gasteiger partial charge in [0.25, 0.3) is 5.56 Å². The zero-order chi connectivity index (χ0) is 13.8. The molecule has 1 atom stereocenters. The molecule has 0 aromatic carbocycles. The molecule has 1 aromatic rings. The van der Waals surface area contributed by atoms with E-state index in [0.717, 1.165) is 29.4 Å². The Kier molecular flexibility index (Phi) is 4.63. The summed E-state index contributed by atoms with van der Waals surface area (Å²) in [7, 11) is 0. The van der Waals surface area contributed by atoms with E-state index < -0.39 is 0 Å². The molecule has 0 spiro atoms. The van der Waals surface area contributed by atoms with Crippen LogP contribution < -0.4 is 10.9 Å². The standard InChI is InChI=1S/C13H19N3O2S/c1-3-4-5-14-11(17)7-10-8-19-13-15-9(2)6-12(18)16(10)13/h6,10H,3-5,7-8H2,1-2H3,(H,14,17). The fraction of sp³-hybridized carbons (Fsp3) is 0.615. The van der Waals surface area contributed by atoms with Gasteiger partial charge in [-0.2, -0.15) is 0 Å². The molecule has 6 heteroatoms. The average Bonchev–Trinajstić information content (AvgIpc) is 2.72. The van der Waals surface area contributed by atoms with Crippen LogP contribution in [0.15, 0.2) is 16.0 Å². The van der Waals surface area contributed by atoms with E-state index >= 15 is 0 Å². The second kappa shape index (κ2) is 6.23. The van der Waals surface area contributed by atoms with Crippen molar-refractivity contribution in [2.45, 2.75) is 44.3 Å². The molecule has 0 bridgehead atoms. The summed E-state index contributed by atoms with van der Waals surface area (Å²) < 4.78 is 1.65. The lowest BCUT2D eigenvalue weighted by molar-refractivity contribution is -0.121. The maximum atomic E-state index is 12.0. The molecule has 1 aliphatic rings. The number of hydrogen-bond donors (Lipinski definition) is 1. The Labute approximate surface area is 116 Å². The van der Waals surface area contributed by atoms with Gasteiger partial charge in [0.1, 0.15) is 0 Å². The number of nitrogens with one attached hydrogen (secondary N) is 1. The first kappa shape index (κ1) is 14.1. The summed E-state index contributed by atoms with van der Waals surface area (Å²) >= 11 is 1.55. The van der Waals surface area contributed by atoms with Crippen LogP contribution >= 0.6 is 11.8 Å². The third kappa shape index (κ3) is 3.37. The first-order valence-corrected chi connectivity index (χ1v) is 7.60. The SMILES string of the molecule is CCCCNC(=O)CC1CSc2nc(C)cc(=O)n21. The van der Waals surface area contributed by atoms with E-state index in [1.165, 1.54) is 6.07 Å². The van der Waals surface area contributed by atoms with E-state index in [-0.39, 0.29) is 17.5 Å². The molecule has 1 unspecified atom stereocenters. The molecule has 0 saturated carbocycles. The number of rotatable bonds is 5. The molecular weight excluding hydrogens is 262 g/mol. The highest BCUT2D eigenvalue weighted by molar-refractivity contribution is 7.99. The van der Waals surface area contributed by atoms with Crippen molar-refractivity contribution in [3.8, 4) is 0 Å². The van der Waals surface area contributed by atoms with Crippen molar-refractivity contribution in [3.63, 3.8) is 0 Å². The summed E-state index contributed by atoms with van der Waals surface area (Å²) in [5.74, 6) is 0.756. The third-order valence-electron chi connectivity index (χ3n) is 3.09. The molecule has 104 valence electrons. The zero-order valence-electron chi connectivity index (χ0n) is 11.3. The number of carbonyl (C=O) groups is 1. The van der Waals surface area contributed by atoms with Crippen molar-refractivity contribution in [2.75, 3.05) is 12.3 Å². The predicted molar refractivity (Wildman–Crippen MR) is 75.5 cm³/mol. The largest absolute Gasteiger partial charge is 0.356 e. The number of nitrogens with zero attached hydrogens (tertiary/aromatic N) is 2. The number of thioether (sulfide) groups is 1. The highest BCUT2D eigenvalue weighted by Gasteiger charge is 2.27. The van der Waals surface area contributed by atoms with Crippen LogP contribution in [0.2, 0.25) is 0 Å². The summed E-state index contributed by atoms with van der Waals surface area (Å²) in [4.78, 5) is 28.1. The van der Waals surface area contributed by atoms with Crippen molar-refractivity contribution in [1.82, 2.24) is 14.9 Å². The highest BCUT2D eigenvalue weighted by Crippen LogP contribution is 2.31. The van der Waals surface area contributed by atoms with Gasteiger partial charge in [0.2, 0.25) is 5.91 Å². The first-order chi connectivity index (χ1) is 9.11. The molecule has 5 nitrogen and oxygen atoms in total. The minimum absolute atomic E-state index is 0.0133. The van der Waals surface area contributed by atoms with Crippen LogP contribution in [0.4, 0.5) is 0 Å². The van der Waals surface area contributed by atoms with Crippen molar-refractivity contribution < 1.29 is 4.79 Å². The Hall–Kier alpha value is -1.30. The molecule has 2 heterocycles. The van der Waals surface area contributed by atoms with Crippen molar-refractivity contribution in [2.24, 2.45) is 0 Å². The monoisotopic (exact) mass is 281 g/mol. The van der Waals surface area contributed by atoms with Gasteiger partial charge in [-0.3, -0.25) is 14.2 Å². The molecule has 1 aliphatic heterocycles. The van der Waals surface area contributed by atoms with Gasteiger partial charge in [-0.25, -0.2) is 4.98 Å². The molecular formula is C13H19N3O2S. The number of hydrogen-bond acceptors (Lipinski definition) is 4. The summed E-state index contributed by atoms with van der Waals surface area (Å²) in [6.07, 6.45) is 2.40. The summed E-state index contributed by atoms with van der Waals surface area (Å²) in [5, 5.41) is 3.62. The quantitative estimate of drug-likeness (QED) is 0.656. The smallest absolute Gasteiger partial charge is 0.254 e. The molecule has 1 N–H and O–H groups in total. The Bertz CT molecular complexity index is 527. The molecule has 1 amide bonds. The maximum Gasteiger partial charge on any atom is 0.254 e. The van der Waals surface area contributed by atoms with Gasteiger partial charge in [0, 0.05) is 30.5 Å². The van der Waals surface area contributed by atoms with Gasteiger partial charge in [-0.1, -0.05) is 25.1 Å². The van der Waals surface area contributed by atoms with Gasteiger partial charge in [-0.15, -0.1) is 0 Å². The van der Waals surface area contributed by atoms with Gasteiger partial charge in [-0.05, 0) is 13.3 Å². The van der Waals surface area contributed by atoms with Crippen LogP contribution in [0.5, 0.6) is 0 Å². The predicted octanol–water partition coefficient (Wildman–Crippen LogP) is 1.50. The number of fused-ring (bicyclic) bond motifs is 1. The van der Waals surface area contributed by atoms with Crippen LogP contribution in [0.1, 0.15) is 37.9 Å².